The number of nitrogens with one attached hydrogen (secondary N) is 2. The summed E-state index contributed by atoms with van der Waals surface area (Å²) in [6.45, 7) is 8.71. The number of para-hydroxylation sites is 1. The number of benzene rings is 1. The molecule has 0 fully saturated rings. The Morgan fingerprint density at radius 3 is 2.70 bits per heavy atom. The van der Waals surface area contributed by atoms with Crippen molar-refractivity contribution in [3.63, 3.8) is 0 Å². The van der Waals surface area contributed by atoms with E-state index in [2.05, 4.69) is 59.2 Å². The minimum Gasteiger partial charge on any atom is -0.366 e. The summed E-state index contributed by atoms with van der Waals surface area (Å²) in [4.78, 5) is 8.42. The molecule has 0 saturated carbocycles. The van der Waals surface area contributed by atoms with Crippen LogP contribution in [0.15, 0.2) is 49.3 Å². The maximum atomic E-state index is 4.26. The molecule has 1 aromatic carbocycles. The van der Waals surface area contributed by atoms with Gasteiger partial charge in [0.25, 0.3) is 0 Å². The molecule has 0 amide bonds. The molecule has 104 valence electrons. The fourth-order valence-corrected chi connectivity index (χ4v) is 1.95. The fraction of sp³-hybridized carbons (Fsp3) is 0.250. The van der Waals surface area contributed by atoms with Crippen molar-refractivity contribution in [2.75, 3.05) is 17.2 Å². The quantitative estimate of drug-likeness (QED) is 0.779. The largest absolute Gasteiger partial charge is 0.366 e. The molecule has 0 aliphatic heterocycles. The van der Waals surface area contributed by atoms with E-state index in [1.807, 2.05) is 12.1 Å². The van der Waals surface area contributed by atoms with Gasteiger partial charge in [-0.05, 0) is 17.5 Å². The molecule has 4 heteroatoms. The van der Waals surface area contributed by atoms with E-state index in [1.54, 1.807) is 12.4 Å². The second-order valence-electron chi connectivity index (χ2n) is 4.83. The SMILES string of the molecule is C=CCNc1cc(Nc2ccccc2C(C)C)ncn1. The molecule has 0 aliphatic rings. The lowest BCUT2D eigenvalue weighted by atomic mass is 10.0. The van der Waals surface area contributed by atoms with Crippen LogP contribution in [-0.2, 0) is 0 Å². The van der Waals surface area contributed by atoms with Crippen molar-refractivity contribution in [1.82, 2.24) is 9.97 Å². The fourth-order valence-electron chi connectivity index (χ4n) is 1.95. The maximum absolute atomic E-state index is 4.26. The second kappa shape index (κ2) is 6.70. The Morgan fingerprint density at radius 1 is 1.20 bits per heavy atom. The zero-order valence-corrected chi connectivity index (χ0v) is 11.9. The molecule has 0 saturated heterocycles. The van der Waals surface area contributed by atoms with Gasteiger partial charge in [0.2, 0.25) is 0 Å². The third-order valence-corrected chi connectivity index (χ3v) is 2.94. The minimum atomic E-state index is 0.457. The third kappa shape index (κ3) is 3.57. The lowest BCUT2D eigenvalue weighted by Gasteiger charge is -2.14. The topological polar surface area (TPSA) is 49.8 Å². The number of rotatable bonds is 6. The smallest absolute Gasteiger partial charge is 0.135 e. The van der Waals surface area contributed by atoms with E-state index in [0.29, 0.717) is 12.5 Å². The summed E-state index contributed by atoms with van der Waals surface area (Å²) in [5, 5.41) is 6.50. The van der Waals surface area contributed by atoms with Gasteiger partial charge in [0, 0.05) is 18.3 Å². The Balaban J connectivity index is 2.19. The summed E-state index contributed by atoms with van der Waals surface area (Å²) in [6, 6.07) is 10.2. The highest BCUT2D eigenvalue weighted by molar-refractivity contribution is 5.63. The van der Waals surface area contributed by atoms with E-state index in [1.165, 1.54) is 5.56 Å². The lowest BCUT2D eigenvalue weighted by molar-refractivity contribution is 0.869. The molecule has 0 radical (unpaired) electrons. The molecular weight excluding hydrogens is 248 g/mol. The molecule has 1 aromatic heterocycles. The molecule has 0 aliphatic carbocycles. The van der Waals surface area contributed by atoms with Crippen molar-refractivity contribution in [2.45, 2.75) is 19.8 Å². The van der Waals surface area contributed by atoms with Gasteiger partial charge in [-0.1, -0.05) is 38.1 Å². The normalized spacial score (nSPS) is 10.3. The van der Waals surface area contributed by atoms with Crippen molar-refractivity contribution >= 4 is 17.3 Å². The van der Waals surface area contributed by atoms with Crippen molar-refractivity contribution in [1.29, 1.82) is 0 Å². The Labute approximate surface area is 120 Å². The Kier molecular flexibility index (Phi) is 4.71. The van der Waals surface area contributed by atoms with Gasteiger partial charge in [0.05, 0.1) is 0 Å². The van der Waals surface area contributed by atoms with Gasteiger partial charge < -0.3 is 10.6 Å². The number of nitrogens with zero attached hydrogens (tertiary/aromatic N) is 2. The van der Waals surface area contributed by atoms with Crippen LogP contribution in [0.25, 0.3) is 0 Å². The summed E-state index contributed by atoms with van der Waals surface area (Å²) in [7, 11) is 0. The van der Waals surface area contributed by atoms with Crippen molar-refractivity contribution in [3.05, 3.63) is 54.9 Å². The Hall–Kier alpha value is -2.36. The first-order chi connectivity index (χ1) is 9.70. The second-order valence-corrected chi connectivity index (χ2v) is 4.83. The van der Waals surface area contributed by atoms with Crippen LogP contribution in [-0.4, -0.2) is 16.5 Å². The van der Waals surface area contributed by atoms with Crippen molar-refractivity contribution in [2.24, 2.45) is 0 Å². The average Bonchev–Trinajstić information content (AvgIpc) is 2.46. The highest BCUT2D eigenvalue weighted by atomic mass is 15.1. The number of anilines is 3. The molecule has 0 unspecified atom stereocenters. The molecule has 20 heavy (non-hydrogen) atoms. The van der Waals surface area contributed by atoms with E-state index in [-0.39, 0.29) is 0 Å². The molecule has 2 N–H and O–H groups in total. The first-order valence-corrected chi connectivity index (χ1v) is 6.73. The molecule has 2 rings (SSSR count). The highest BCUT2D eigenvalue weighted by Crippen LogP contribution is 2.26. The summed E-state index contributed by atoms with van der Waals surface area (Å²) in [5.74, 6) is 2.02. The van der Waals surface area contributed by atoms with Gasteiger partial charge in [0.15, 0.2) is 0 Å². The number of aromatic nitrogens is 2. The number of hydrogen-bond donors (Lipinski definition) is 2. The predicted molar refractivity (Wildman–Crippen MR) is 84.5 cm³/mol. The molecule has 2 aromatic rings. The molecular formula is C16H20N4. The van der Waals surface area contributed by atoms with Gasteiger partial charge in [-0.2, -0.15) is 0 Å². The molecule has 0 atom stereocenters. The van der Waals surface area contributed by atoms with E-state index < -0.39 is 0 Å². The minimum absolute atomic E-state index is 0.457. The number of hydrogen-bond acceptors (Lipinski definition) is 4. The van der Waals surface area contributed by atoms with Crippen LogP contribution < -0.4 is 10.6 Å². The zero-order valence-electron chi connectivity index (χ0n) is 11.9. The van der Waals surface area contributed by atoms with Crippen LogP contribution in [0.5, 0.6) is 0 Å². The molecule has 4 nitrogen and oxygen atoms in total. The van der Waals surface area contributed by atoms with E-state index in [0.717, 1.165) is 17.3 Å². The summed E-state index contributed by atoms with van der Waals surface area (Å²) in [6.07, 6.45) is 3.34. The lowest BCUT2D eigenvalue weighted by Crippen LogP contribution is -2.03. The van der Waals surface area contributed by atoms with Gasteiger partial charge in [0.1, 0.15) is 18.0 Å². The van der Waals surface area contributed by atoms with E-state index >= 15 is 0 Å². The maximum Gasteiger partial charge on any atom is 0.135 e. The van der Waals surface area contributed by atoms with Gasteiger partial charge in [-0.3, -0.25) is 0 Å². The van der Waals surface area contributed by atoms with Crippen LogP contribution in [0.3, 0.4) is 0 Å². The van der Waals surface area contributed by atoms with Gasteiger partial charge >= 0.3 is 0 Å². The standard InChI is InChI=1S/C16H20N4/c1-4-9-17-15-10-16(19-11-18-15)20-14-8-6-5-7-13(14)12(2)3/h4-8,10-12H,1,9H2,2-3H3,(H2,17,18,19,20). The zero-order chi connectivity index (χ0) is 14.4. The monoisotopic (exact) mass is 268 g/mol. The summed E-state index contributed by atoms with van der Waals surface area (Å²) in [5.41, 5.74) is 2.35. The third-order valence-electron chi connectivity index (χ3n) is 2.94. The Morgan fingerprint density at radius 2 is 1.95 bits per heavy atom. The van der Waals surface area contributed by atoms with Gasteiger partial charge in [-0.15, -0.1) is 6.58 Å². The molecule has 0 bridgehead atoms. The Bertz CT molecular complexity index is 578. The van der Waals surface area contributed by atoms with Crippen LogP contribution in [0.4, 0.5) is 17.3 Å². The van der Waals surface area contributed by atoms with Crippen molar-refractivity contribution < 1.29 is 0 Å². The van der Waals surface area contributed by atoms with Crippen LogP contribution in [0.1, 0.15) is 25.3 Å². The first kappa shape index (κ1) is 14.1. The summed E-state index contributed by atoms with van der Waals surface area (Å²) >= 11 is 0. The molecule has 1 heterocycles. The predicted octanol–water partition coefficient (Wildman–Crippen LogP) is 3.94. The van der Waals surface area contributed by atoms with Crippen LogP contribution in [0, 0.1) is 0 Å². The van der Waals surface area contributed by atoms with E-state index in [4.69, 9.17) is 0 Å². The average molecular weight is 268 g/mol. The highest BCUT2D eigenvalue weighted by Gasteiger charge is 2.06. The van der Waals surface area contributed by atoms with Crippen LogP contribution >= 0.6 is 0 Å². The molecule has 0 spiro atoms. The van der Waals surface area contributed by atoms with Crippen molar-refractivity contribution in [3.8, 4) is 0 Å². The van der Waals surface area contributed by atoms with Crippen LogP contribution in [0.2, 0.25) is 0 Å². The first-order valence-electron chi connectivity index (χ1n) is 6.73. The summed E-state index contributed by atoms with van der Waals surface area (Å²) < 4.78 is 0. The van der Waals surface area contributed by atoms with E-state index in [9.17, 15) is 0 Å². The van der Waals surface area contributed by atoms with Gasteiger partial charge in [-0.25, -0.2) is 9.97 Å².